The van der Waals surface area contributed by atoms with Crippen molar-refractivity contribution < 1.29 is 0 Å². The van der Waals surface area contributed by atoms with Crippen molar-refractivity contribution in [3.8, 4) is 0 Å². The van der Waals surface area contributed by atoms with E-state index >= 15 is 0 Å². The maximum absolute atomic E-state index is 3.69. The van der Waals surface area contributed by atoms with Gasteiger partial charge in [0.25, 0.3) is 0 Å². The predicted molar refractivity (Wildman–Crippen MR) is 73.0 cm³/mol. The molecule has 1 aromatic rings. The number of benzene rings is 1. The van der Waals surface area contributed by atoms with Crippen molar-refractivity contribution >= 4 is 0 Å². The molecule has 1 fully saturated rings. The van der Waals surface area contributed by atoms with Crippen molar-refractivity contribution in [2.45, 2.75) is 44.8 Å². The molecule has 0 amide bonds. The first-order chi connectivity index (χ1) is 8.24. The third-order valence-electron chi connectivity index (χ3n) is 3.54. The molecule has 94 valence electrons. The Morgan fingerprint density at radius 2 is 2.00 bits per heavy atom. The van der Waals surface area contributed by atoms with Crippen LogP contribution in [-0.2, 0) is 6.54 Å². The van der Waals surface area contributed by atoms with Crippen molar-refractivity contribution in [1.82, 2.24) is 10.2 Å². The second-order valence-electron chi connectivity index (χ2n) is 5.38. The molecule has 1 aromatic carbocycles. The molecule has 1 aliphatic heterocycles. The van der Waals surface area contributed by atoms with E-state index in [4.69, 9.17) is 0 Å². The van der Waals surface area contributed by atoms with Gasteiger partial charge in [0, 0.05) is 25.2 Å². The molecule has 0 aromatic heterocycles. The molecule has 1 heterocycles. The molecule has 0 aliphatic carbocycles. The number of hydrogen-bond donors (Lipinski definition) is 1. The lowest BCUT2D eigenvalue weighted by Gasteiger charge is -2.32. The van der Waals surface area contributed by atoms with Gasteiger partial charge in [0.2, 0.25) is 0 Å². The Morgan fingerprint density at radius 1 is 1.24 bits per heavy atom. The average Bonchev–Trinajstić information content (AvgIpc) is 2.30. The second-order valence-corrected chi connectivity index (χ2v) is 5.38. The highest BCUT2D eigenvalue weighted by Gasteiger charge is 2.18. The van der Waals surface area contributed by atoms with E-state index in [0.717, 1.165) is 13.1 Å². The summed E-state index contributed by atoms with van der Waals surface area (Å²) in [5, 5.41) is 3.69. The van der Waals surface area contributed by atoms with Crippen LogP contribution in [0.15, 0.2) is 30.3 Å². The molecule has 2 atom stereocenters. The topological polar surface area (TPSA) is 15.3 Å². The molecule has 1 N–H and O–H groups in total. The van der Waals surface area contributed by atoms with Gasteiger partial charge in [-0.3, -0.25) is 0 Å². The lowest BCUT2D eigenvalue weighted by molar-refractivity contribution is 0.235. The summed E-state index contributed by atoms with van der Waals surface area (Å²) in [5.41, 5.74) is 1.40. The molecule has 2 rings (SSSR count). The van der Waals surface area contributed by atoms with Gasteiger partial charge in [0.15, 0.2) is 0 Å². The Hall–Kier alpha value is -0.860. The zero-order valence-electron chi connectivity index (χ0n) is 11.0. The van der Waals surface area contributed by atoms with Crippen molar-refractivity contribution in [3.63, 3.8) is 0 Å². The predicted octanol–water partition coefficient (Wildman–Crippen LogP) is 2.65. The van der Waals surface area contributed by atoms with Gasteiger partial charge in [-0.2, -0.15) is 0 Å². The van der Waals surface area contributed by atoms with Crippen LogP contribution in [0.3, 0.4) is 0 Å². The Balaban J connectivity index is 1.79. The van der Waals surface area contributed by atoms with Crippen LogP contribution in [-0.4, -0.2) is 30.6 Å². The van der Waals surface area contributed by atoms with E-state index in [2.05, 4.69) is 54.5 Å². The van der Waals surface area contributed by atoms with Crippen LogP contribution in [0.4, 0.5) is 0 Å². The smallest absolute Gasteiger partial charge is 0.0231 e. The molecule has 2 heteroatoms. The number of nitrogens with zero attached hydrogens (tertiary/aromatic N) is 1. The maximum atomic E-state index is 3.69. The molecule has 0 saturated carbocycles. The SMILES string of the molecule is CC1CCCC(CN(C)Cc2ccccc2)N1. The van der Waals surface area contributed by atoms with Crippen LogP contribution in [0.25, 0.3) is 0 Å². The molecule has 0 spiro atoms. The normalized spacial score (nSPS) is 25.1. The minimum atomic E-state index is 0.674. The second kappa shape index (κ2) is 6.18. The minimum absolute atomic E-state index is 0.674. The molecule has 1 aliphatic rings. The van der Waals surface area contributed by atoms with Crippen LogP contribution < -0.4 is 5.32 Å². The van der Waals surface area contributed by atoms with Gasteiger partial charge >= 0.3 is 0 Å². The van der Waals surface area contributed by atoms with Gasteiger partial charge < -0.3 is 10.2 Å². The Bertz CT molecular complexity index is 323. The quantitative estimate of drug-likeness (QED) is 0.858. The van der Waals surface area contributed by atoms with Crippen LogP contribution in [0, 0.1) is 0 Å². The standard InChI is InChI=1S/C15H24N2/c1-13-7-6-10-15(16-13)12-17(2)11-14-8-4-3-5-9-14/h3-5,8-9,13,15-16H,6-7,10-12H2,1-2H3. The summed E-state index contributed by atoms with van der Waals surface area (Å²) in [4.78, 5) is 2.42. The summed E-state index contributed by atoms with van der Waals surface area (Å²) in [5.74, 6) is 0. The fourth-order valence-corrected chi connectivity index (χ4v) is 2.72. The zero-order valence-corrected chi connectivity index (χ0v) is 11.0. The highest BCUT2D eigenvalue weighted by atomic mass is 15.1. The summed E-state index contributed by atoms with van der Waals surface area (Å²) in [6, 6.07) is 12.1. The summed E-state index contributed by atoms with van der Waals surface area (Å²) in [6.07, 6.45) is 4.03. The van der Waals surface area contributed by atoms with Crippen molar-refractivity contribution in [1.29, 1.82) is 0 Å². The zero-order chi connectivity index (χ0) is 12.1. The average molecular weight is 232 g/mol. The van der Waals surface area contributed by atoms with E-state index in [1.807, 2.05) is 0 Å². The van der Waals surface area contributed by atoms with Crippen LogP contribution >= 0.6 is 0 Å². The first-order valence-corrected chi connectivity index (χ1v) is 6.72. The fourth-order valence-electron chi connectivity index (χ4n) is 2.72. The molecule has 0 bridgehead atoms. The van der Waals surface area contributed by atoms with Crippen LogP contribution in [0.2, 0.25) is 0 Å². The third kappa shape index (κ3) is 4.14. The van der Waals surface area contributed by atoms with E-state index in [1.165, 1.54) is 24.8 Å². The first kappa shape index (κ1) is 12.6. The lowest BCUT2D eigenvalue weighted by atomic mass is 9.99. The van der Waals surface area contributed by atoms with Crippen molar-refractivity contribution in [3.05, 3.63) is 35.9 Å². The van der Waals surface area contributed by atoms with E-state index in [-0.39, 0.29) is 0 Å². The number of nitrogens with one attached hydrogen (secondary N) is 1. The van der Waals surface area contributed by atoms with Gasteiger partial charge in [-0.05, 0) is 32.4 Å². The van der Waals surface area contributed by atoms with Crippen molar-refractivity contribution in [2.24, 2.45) is 0 Å². The minimum Gasteiger partial charge on any atom is -0.310 e. The molecular formula is C15H24N2. The summed E-state index contributed by atoms with van der Waals surface area (Å²) in [6.45, 7) is 4.50. The van der Waals surface area contributed by atoms with Gasteiger partial charge in [0.05, 0.1) is 0 Å². The number of rotatable bonds is 4. The molecule has 1 saturated heterocycles. The summed E-state index contributed by atoms with van der Waals surface area (Å²) in [7, 11) is 2.22. The highest BCUT2D eigenvalue weighted by molar-refractivity contribution is 5.14. The van der Waals surface area contributed by atoms with E-state index in [0.29, 0.717) is 12.1 Å². The Labute approximate surface area is 105 Å². The Morgan fingerprint density at radius 3 is 2.71 bits per heavy atom. The van der Waals surface area contributed by atoms with Crippen LogP contribution in [0.5, 0.6) is 0 Å². The number of hydrogen-bond acceptors (Lipinski definition) is 2. The fraction of sp³-hybridized carbons (Fsp3) is 0.600. The number of piperidine rings is 1. The van der Waals surface area contributed by atoms with Gasteiger partial charge in [-0.25, -0.2) is 0 Å². The highest BCUT2D eigenvalue weighted by Crippen LogP contribution is 2.13. The lowest BCUT2D eigenvalue weighted by Crippen LogP contribution is -2.46. The Kier molecular flexibility index (Phi) is 4.57. The third-order valence-corrected chi connectivity index (χ3v) is 3.54. The largest absolute Gasteiger partial charge is 0.310 e. The molecule has 2 nitrogen and oxygen atoms in total. The maximum Gasteiger partial charge on any atom is 0.0231 e. The molecule has 0 radical (unpaired) electrons. The summed E-state index contributed by atoms with van der Waals surface area (Å²) < 4.78 is 0. The van der Waals surface area contributed by atoms with Crippen molar-refractivity contribution in [2.75, 3.05) is 13.6 Å². The van der Waals surface area contributed by atoms with Gasteiger partial charge in [-0.1, -0.05) is 36.8 Å². The molecular weight excluding hydrogens is 208 g/mol. The first-order valence-electron chi connectivity index (χ1n) is 6.72. The van der Waals surface area contributed by atoms with E-state index in [1.54, 1.807) is 0 Å². The van der Waals surface area contributed by atoms with Crippen LogP contribution in [0.1, 0.15) is 31.7 Å². The monoisotopic (exact) mass is 232 g/mol. The molecule has 17 heavy (non-hydrogen) atoms. The van der Waals surface area contributed by atoms with E-state index < -0.39 is 0 Å². The van der Waals surface area contributed by atoms with Gasteiger partial charge in [0.1, 0.15) is 0 Å². The molecule has 2 unspecified atom stereocenters. The van der Waals surface area contributed by atoms with Gasteiger partial charge in [-0.15, -0.1) is 0 Å². The van der Waals surface area contributed by atoms with E-state index in [9.17, 15) is 0 Å². The summed E-state index contributed by atoms with van der Waals surface area (Å²) >= 11 is 0. The number of likely N-dealkylation sites (N-methyl/N-ethyl adjacent to an activating group) is 1.